The minimum absolute atomic E-state index is 0.0107. The first kappa shape index (κ1) is 15.4. The molecule has 0 bridgehead atoms. The number of carbonyl (C=O) groups is 1. The lowest BCUT2D eigenvalue weighted by atomic mass is 10.2. The number of carbonyl (C=O) groups excluding carboxylic acids is 1. The molecule has 0 fully saturated rings. The van der Waals surface area contributed by atoms with E-state index in [0.717, 1.165) is 0 Å². The van der Waals surface area contributed by atoms with Crippen LogP contribution in [0.2, 0.25) is 0 Å². The predicted molar refractivity (Wildman–Crippen MR) is 71.3 cm³/mol. The van der Waals surface area contributed by atoms with Gasteiger partial charge in [-0.3, -0.25) is 4.79 Å². The average Bonchev–Trinajstić information content (AvgIpc) is 2.38. The van der Waals surface area contributed by atoms with Gasteiger partial charge in [-0.25, -0.2) is 4.39 Å². The van der Waals surface area contributed by atoms with Crippen molar-refractivity contribution in [3.63, 3.8) is 0 Å². The van der Waals surface area contributed by atoms with Gasteiger partial charge in [0.1, 0.15) is 12.4 Å². The molecule has 0 aliphatic carbocycles. The van der Waals surface area contributed by atoms with Gasteiger partial charge in [-0.2, -0.15) is 0 Å². The Morgan fingerprint density at radius 3 is 2.89 bits per heavy atom. The molecule has 5 nitrogen and oxygen atoms in total. The number of ether oxygens (including phenoxy) is 2. The molecule has 1 rings (SSSR count). The van der Waals surface area contributed by atoms with Crippen molar-refractivity contribution in [1.29, 1.82) is 0 Å². The van der Waals surface area contributed by atoms with Crippen LogP contribution < -0.4 is 11.1 Å². The number of hydrogen-bond acceptors (Lipinski definition) is 4. The fourth-order valence-corrected chi connectivity index (χ4v) is 1.37. The molecule has 1 aromatic rings. The van der Waals surface area contributed by atoms with Crippen LogP contribution in [0.15, 0.2) is 18.2 Å². The van der Waals surface area contributed by atoms with E-state index < -0.39 is 5.82 Å². The summed E-state index contributed by atoms with van der Waals surface area (Å²) in [6.45, 7) is 4.66. The second-order valence-corrected chi connectivity index (χ2v) is 4.07. The van der Waals surface area contributed by atoms with Crippen LogP contribution in [-0.2, 0) is 14.3 Å². The number of halogens is 1. The van der Waals surface area contributed by atoms with Gasteiger partial charge in [0, 0.05) is 12.3 Å². The number of anilines is 2. The van der Waals surface area contributed by atoms with E-state index >= 15 is 0 Å². The summed E-state index contributed by atoms with van der Waals surface area (Å²) in [5.74, 6) is -0.839. The SMILES string of the molecule is CCOCC(C)OCC(=O)Nc1ccc(F)c(N)c1. The molecule has 1 amide bonds. The minimum atomic E-state index is -0.514. The Kier molecular flexibility index (Phi) is 6.24. The fraction of sp³-hybridized carbons (Fsp3) is 0.462. The summed E-state index contributed by atoms with van der Waals surface area (Å²) in [5.41, 5.74) is 5.82. The zero-order valence-corrected chi connectivity index (χ0v) is 11.1. The molecule has 0 spiro atoms. The Morgan fingerprint density at radius 2 is 2.26 bits per heavy atom. The van der Waals surface area contributed by atoms with E-state index in [2.05, 4.69) is 5.32 Å². The molecule has 0 aliphatic heterocycles. The third-order valence-electron chi connectivity index (χ3n) is 2.34. The maximum atomic E-state index is 12.9. The monoisotopic (exact) mass is 270 g/mol. The van der Waals surface area contributed by atoms with Gasteiger partial charge in [-0.05, 0) is 32.0 Å². The van der Waals surface area contributed by atoms with Crippen LogP contribution in [0.1, 0.15) is 13.8 Å². The molecule has 0 aliphatic rings. The number of nitrogens with two attached hydrogens (primary N) is 1. The van der Waals surface area contributed by atoms with Crippen LogP contribution in [0.25, 0.3) is 0 Å². The lowest BCUT2D eigenvalue weighted by molar-refractivity contribution is -0.123. The molecule has 0 heterocycles. The van der Waals surface area contributed by atoms with Crippen LogP contribution in [0.5, 0.6) is 0 Å². The van der Waals surface area contributed by atoms with Gasteiger partial charge in [0.05, 0.1) is 18.4 Å². The second-order valence-electron chi connectivity index (χ2n) is 4.07. The van der Waals surface area contributed by atoms with E-state index in [1.165, 1.54) is 18.2 Å². The molecule has 19 heavy (non-hydrogen) atoms. The van der Waals surface area contributed by atoms with Crippen LogP contribution >= 0.6 is 0 Å². The van der Waals surface area contributed by atoms with E-state index in [1.54, 1.807) is 0 Å². The summed E-state index contributed by atoms with van der Waals surface area (Å²) in [5, 5.41) is 2.57. The molecule has 6 heteroatoms. The first-order valence-corrected chi connectivity index (χ1v) is 6.07. The van der Waals surface area contributed by atoms with Gasteiger partial charge < -0.3 is 20.5 Å². The van der Waals surface area contributed by atoms with Gasteiger partial charge in [0.15, 0.2) is 0 Å². The number of benzene rings is 1. The van der Waals surface area contributed by atoms with E-state index in [-0.39, 0.29) is 24.3 Å². The van der Waals surface area contributed by atoms with E-state index in [1.807, 2.05) is 13.8 Å². The minimum Gasteiger partial charge on any atom is -0.396 e. The first-order chi connectivity index (χ1) is 9.02. The van der Waals surface area contributed by atoms with Crippen molar-refractivity contribution in [2.24, 2.45) is 0 Å². The summed E-state index contributed by atoms with van der Waals surface area (Å²) in [6.07, 6.45) is -0.163. The number of rotatable bonds is 7. The third-order valence-corrected chi connectivity index (χ3v) is 2.34. The summed E-state index contributed by atoms with van der Waals surface area (Å²) in [7, 11) is 0. The molecule has 1 unspecified atom stereocenters. The fourth-order valence-electron chi connectivity index (χ4n) is 1.37. The first-order valence-electron chi connectivity index (χ1n) is 6.07. The highest BCUT2D eigenvalue weighted by molar-refractivity contribution is 5.92. The smallest absolute Gasteiger partial charge is 0.250 e. The van der Waals surface area contributed by atoms with Gasteiger partial charge in [-0.1, -0.05) is 0 Å². The summed E-state index contributed by atoms with van der Waals surface area (Å²) in [4.78, 5) is 11.6. The van der Waals surface area contributed by atoms with Gasteiger partial charge in [0.25, 0.3) is 0 Å². The normalized spacial score (nSPS) is 12.2. The van der Waals surface area contributed by atoms with E-state index in [0.29, 0.717) is 18.9 Å². The summed E-state index contributed by atoms with van der Waals surface area (Å²) in [6, 6.07) is 3.99. The van der Waals surface area contributed by atoms with Crippen molar-refractivity contribution in [3.05, 3.63) is 24.0 Å². The average molecular weight is 270 g/mol. The quantitative estimate of drug-likeness (QED) is 0.741. The van der Waals surface area contributed by atoms with Crippen molar-refractivity contribution in [2.45, 2.75) is 20.0 Å². The Hall–Kier alpha value is -1.66. The van der Waals surface area contributed by atoms with E-state index in [9.17, 15) is 9.18 Å². The van der Waals surface area contributed by atoms with Crippen molar-refractivity contribution < 1.29 is 18.7 Å². The Morgan fingerprint density at radius 1 is 1.53 bits per heavy atom. The van der Waals surface area contributed by atoms with E-state index in [4.69, 9.17) is 15.2 Å². The molecular formula is C13H19FN2O3. The Labute approximate surface area is 111 Å². The molecule has 0 saturated carbocycles. The molecule has 0 aromatic heterocycles. The van der Waals surface area contributed by atoms with Crippen LogP contribution in [0, 0.1) is 5.82 Å². The molecular weight excluding hydrogens is 251 g/mol. The van der Waals surface area contributed by atoms with Crippen molar-refractivity contribution in [1.82, 2.24) is 0 Å². The highest BCUT2D eigenvalue weighted by atomic mass is 19.1. The molecule has 106 valence electrons. The third kappa shape index (κ3) is 5.67. The van der Waals surface area contributed by atoms with Crippen LogP contribution in [0.4, 0.5) is 15.8 Å². The number of nitrogens with one attached hydrogen (secondary N) is 1. The van der Waals surface area contributed by atoms with Gasteiger partial charge in [-0.15, -0.1) is 0 Å². The highest BCUT2D eigenvalue weighted by Gasteiger charge is 2.08. The number of amides is 1. The second kappa shape index (κ2) is 7.70. The lowest BCUT2D eigenvalue weighted by Gasteiger charge is -2.13. The van der Waals surface area contributed by atoms with Crippen molar-refractivity contribution in [3.8, 4) is 0 Å². The molecule has 1 atom stereocenters. The predicted octanol–water partition coefficient (Wildman–Crippen LogP) is 1.79. The number of hydrogen-bond donors (Lipinski definition) is 2. The van der Waals surface area contributed by atoms with Crippen LogP contribution in [-0.4, -0.2) is 31.8 Å². The zero-order chi connectivity index (χ0) is 14.3. The lowest BCUT2D eigenvalue weighted by Crippen LogP contribution is -2.24. The summed E-state index contributed by atoms with van der Waals surface area (Å²) < 4.78 is 23.4. The van der Waals surface area contributed by atoms with Crippen molar-refractivity contribution >= 4 is 17.3 Å². The Balaban J connectivity index is 2.36. The topological polar surface area (TPSA) is 73.6 Å². The number of nitrogen functional groups attached to an aromatic ring is 1. The molecule has 0 saturated heterocycles. The summed E-state index contributed by atoms with van der Waals surface area (Å²) >= 11 is 0. The molecule has 3 N–H and O–H groups in total. The maximum absolute atomic E-state index is 12.9. The van der Waals surface area contributed by atoms with Crippen LogP contribution in [0.3, 0.4) is 0 Å². The maximum Gasteiger partial charge on any atom is 0.250 e. The standard InChI is InChI=1S/C13H19FN2O3/c1-3-18-7-9(2)19-8-13(17)16-10-4-5-11(14)12(15)6-10/h4-6,9H,3,7-8,15H2,1-2H3,(H,16,17). The Bertz CT molecular complexity index is 426. The van der Waals surface area contributed by atoms with Crippen molar-refractivity contribution in [2.75, 3.05) is 30.9 Å². The molecule has 1 aromatic carbocycles. The van der Waals surface area contributed by atoms with Gasteiger partial charge >= 0.3 is 0 Å². The largest absolute Gasteiger partial charge is 0.396 e. The van der Waals surface area contributed by atoms with Gasteiger partial charge in [0.2, 0.25) is 5.91 Å². The molecule has 0 radical (unpaired) electrons. The highest BCUT2D eigenvalue weighted by Crippen LogP contribution is 2.16. The zero-order valence-electron chi connectivity index (χ0n) is 11.1.